The molecule has 2 aromatic heterocycles. The molecule has 0 unspecified atom stereocenters. The summed E-state index contributed by atoms with van der Waals surface area (Å²) < 4.78 is 4.16. The summed E-state index contributed by atoms with van der Waals surface area (Å²) in [5, 5.41) is 3.50. The minimum absolute atomic E-state index is 0.0837. The highest BCUT2D eigenvalue weighted by Gasteiger charge is 2.17. The van der Waals surface area contributed by atoms with E-state index in [0.29, 0.717) is 23.0 Å². The normalized spacial score (nSPS) is 11.2. The molecule has 1 aromatic carbocycles. The van der Waals surface area contributed by atoms with Crippen LogP contribution in [-0.4, -0.2) is 30.3 Å². The fourth-order valence-electron chi connectivity index (χ4n) is 3.19. The van der Waals surface area contributed by atoms with Crippen LogP contribution in [0.25, 0.3) is 11.2 Å². The molecule has 0 saturated carbocycles. The van der Waals surface area contributed by atoms with Gasteiger partial charge in [0.1, 0.15) is 0 Å². The van der Waals surface area contributed by atoms with Crippen LogP contribution in [0.1, 0.15) is 17.5 Å². The fourth-order valence-corrected chi connectivity index (χ4v) is 4.10. The van der Waals surface area contributed by atoms with Crippen molar-refractivity contribution in [1.82, 2.24) is 18.7 Å². The Morgan fingerprint density at radius 3 is 2.32 bits per heavy atom. The lowest BCUT2D eigenvalue weighted by atomic mass is 10.1. The van der Waals surface area contributed by atoms with E-state index in [1.54, 1.807) is 18.7 Å². The van der Waals surface area contributed by atoms with Gasteiger partial charge in [-0.25, -0.2) is 9.78 Å². The number of benzene rings is 1. The van der Waals surface area contributed by atoms with Crippen LogP contribution in [0.3, 0.4) is 0 Å². The maximum atomic E-state index is 12.3. The molecule has 2 heterocycles. The highest BCUT2D eigenvalue weighted by atomic mass is 32.2. The third-order valence-corrected chi connectivity index (χ3v) is 5.52. The average molecular weight is 401 g/mol. The molecule has 0 spiro atoms. The number of aryl methyl sites for hydroxylation is 4. The van der Waals surface area contributed by atoms with Gasteiger partial charge in [-0.05, 0) is 37.1 Å². The molecule has 0 fully saturated rings. The number of rotatable bonds is 5. The van der Waals surface area contributed by atoms with Gasteiger partial charge in [-0.3, -0.25) is 18.7 Å². The number of thioether (sulfide) groups is 1. The number of carbonyl (C=O) groups excluding carboxylic acids is 1. The Bertz CT molecular complexity index is 1170. The molecule has 0 atom stereocenters. The molecule has 148 valence electrons. The van der Waals surface area contributed by atoms with E-state index in [-0.39, 0.29) is 11.4 Å². The van der Waals surface area contributed by atoms with Gasteiger partial charge in [0, 0.05) is 39.0 Å². The van der Waals surface area contributed by atoms with Crippen molar-refractivity contribution in [2.24, 2.45) is 21.1 Å². The number of carbonyl (C=O) groups is 1. The molecule has 8 nitrogen and oxygen atoms in total. The second-order valence-electron chi connectivity index (χ2n) is 6.85. The van der Waals surface area contributed by atoms with Crippen LogP contribution >= 0.6 is 11.8 Å². The number of hydrogen-bond acceptors (Lipinski definition) is 5. The number of fused-ring (bicyclic) bond motifs is 1. The van der Waals surface area contributed by atoms with Crippen molar-refractivity contribution < 1.29 is 4.79 Å². The van der Waals surface area contributed by atoms with E-state index in [1.165, 1.54) is 23.4 Å². The molecule has 9 heteroatoms. The molecule has 0 bridgehead atoms. The van der Waals surface area contributed by atoms with E-state index in [0.717, 1.165) is 21.4 Å². The van der Waals surface area contributed by atoms with Gasteiger partial charge in [0.25, 0.3) is 5.56 Å². The smallest absolute Gasteiger partial charge is 0.326 e. The number of imidazole rings is 1. The first-order valence-corrected chi connectivity index (χ1v) is 9.81. The van der Waals surface area contributed by atoms with Gasteiger partial charge >= 0.3 is 5.69 Å². The van der Waals surface area contributed by atoms with Crippen LogP contribution in [-0.2, 0) is 25.9 Å². The lowest BCUT2D eigenvalue weighted by molar-refractivity contribution is -0.115. The predicted octanol–water partition coefficient (Wildman–Crippen LogP) is 1.71. The highest BCUT2D eigenvalue weighted by molar-refractivity contribution is 7.99. The first kappa shape index (κ1) is 19.9. The molecular weight excluding hydrogens is 378 g/mol. The standard InChI is InChI=1S/C19H23N5O3S/c1-11-8-12(2)10-13(9-11)20-14(25)6-7-28-18-21-15-16(22(18)3)23(4)19(27)24(5)17(15)26/h8-10H,6-7H2,1-5H3,(H,20,25). The summed E-state index contributed by atoms with van der Waals surface area (Å²) in [5.41, 5.74) is 2.87. The van der Waals surface area contributed by atoms with E-state index in [2.05, 4.69) is 16.4 Å². The van der Waals surface area contributed by atoms with Crippen molar-refractivity contribution >= 4 is 34.5 Å². The van der Waals surface area contributed by atoms with Crippen molar-refractivity contribution in [3.8, 4) is 0 Å². The number of nitrogens with one attached hydrogen (secondary N) is 1. The van der Waals surface area contributed by atoms with Gasteiger partial charge in [-0.1, -0.05) is 17.8 Å². The number of anilines is 1. The van der Waals surface area contributed by atoms with Crippen molar-refractivity contribution in [3.05, 3.63) is 50.2 Å². The first-order valence-electron chi connectivity index (χ1n) is 8.82. The molecule has 0 aliphatic heterocycles. The molecular formula is C19H23N5O3S. The van der Waals surface area contributed by atoms with Crippen LogP contribution in [0, 0.1) is 13.8 Å². The van der Waals surface area contributed by atoms with Crippen molar-refractivity contribution in [1.29, 1.82) is 0 Å². The molecule has 0 aliphatic rings. The molecule has 1 N–H and O–H groups in total. The Morgan fingerprint density at radius 1 is 1.04 bits per heavy atom. The Morgan fingerprint density at radius 2 is 1.68 bits per heavy atom. The van der Waals surface area contributed by atoms with Gasteiger partial charge in [-0.2, -0.15) is 0 Å². The monoisotopic (exact) mass is 401 g/mol. The average Bonchev–Trinajstić information content (AvgIpc) is 2.94. The summed E-state index contributed by atoms with van der Waals surface area (Å²) in [7, 11) is 4.80. The molecule has 3 aromatic rings. The fraction of sp³-hybridized carbons (Fsp3) is 0.368. The van der Waals surface area contributed by atoms with E-state index < -0.39 is 11.2 Å². The number of amides is 1. The number of aromatic nitrogens is 4. The molecule has 0 saturated heterocycles. The zero-order chi connectivity index (χ0) is 20.6. The Labute approximate surface area is 166 Å². The Hall–Kier alpha value is -2.81. The topological polar surface area (TPSA) is 90.9 Å². The maximum Gasteiger partial charge on any atom is 0.332 e. The third kappa shape index (κ3) is 3.75. The van der Waals surface area contributed by atoms with Gasteiger partial charge in [0.2, 0.25) is 5.91 Å². The molecule has 1 amide bonds. The first-order chi connectivity index (χ1) is 13.2. The van der Waals surface area contributed by atoms with Crippen molar-refractivity contribution in [2.75, 3.05) is 11.1 Å². The van der Waals surface area contributed by atoms with Crippen LogP contribution in [0.2, 0.25) is 0 Å². The predicted molar refractivity (Wildman–Crippen MR) is 111 cm³/mol. The molecule has 28 heavy (non-hydrogen) atoms. The summed E-state index contributed by atoms with van der Waals surface area (Å²) in [4.78, 5) is 41.0. The SMILES string of the molecule is Cc1cc(C)cc(NC(=O)CCSc2nc3c(=O)n(C)c(=O)n(C)c3n2C)c1. The zero-order valence-corrected chi connectivity index (χ0v) is 17.4. The van der Waals surface area contributed by atoms with Gasteiger partial charge in [-0.15, -0.1) is 0 Å². The number of nitrogens with zero attached hydrogens (tertiary/aromatic N) is 4. The lowest BCUT2D eigenvalue weighted by Crippen LogP contribution is -2.37. The summed E-state index contributed by atoms with van der Waals surface area (Å²) in [6.45, 7) is 3.98. The largest absolute Gasteiger partial charge is 0.332 e. The van der Waals surface area contributed by atoms with E-state index >= 15 is 0 Å². The maximum absolute atomic E-state index is 12.3. The van der Waals surface area contributed by atoms with E-state index in [9.17, 15) is 14.4 Å². The molecule has 3 rings (SSSR count). The van der Waals surface area contributed by atoms with E-state index in [4.69, 9.17) is 0 Å². The van der Waals surface area contributed by atoms with Gasteiger partial charge < -0.3 is 9.88 Å². The quantitative estimate of drug-likeness (QED) is 0.657. The zero-order valence-electron chi connectivity index (χ0n) is 16.6. The Balaban J connectivity index is 1.72. The van der Waals surface area contributed by atoms with Crippen LogP contribution in [0.15, 0.2) is 32.9 Å². The summed E-state index contributed by atoms with van der Waals surface area (Å²) >= 11 is 1.37. The Kier molecular flexibility index (Phi) is 5.46. The summed E-state index contributed by atoms with van der Waals surface area (Å²) in [6.07, 6.45) is 0.303. The van der Waals surface area contributed by atoms with Crippen LogP contribution in [0.4, 0.5) is 5.69 Å². The van der Waals surface area contributed by atoms with Crippen LogP contribution < -0.4 is 16.6 Å². The second kappa shape index (κ2) is 7.67. The van der Waals surface area contributed by atoms with Crippen LogP contribution in [0.5, 0.6) is 0 Å². The number of hydrogen-bond donors (Lipinski definition) is 1. The third-order valence-electron chi connectivity index (χ3n) is 4.49. The summed E-state index contributed by atoms with van der Waals surface area (Å²) in [5.74, 6) is 0.418. The second-order valence-corrected chi connectivity index (χ2v) is 7.92. The molecule has 0 radical (unpaired) electrons. The van der Waals surface area contributed by atoms with Gasteiger partial charge in [0.15, 0.2) is 16.3 Å². The minimum Gasteiger partial charge on any atom is -0.326 e. The summed E-state index contributed by atoms with van der Waals surface area (Å²) in [6, 6.07) is 5.91. The highest BCUT2D eigenvalue weighted by Crippen LogP contribution is 2.21. The minimum atomic E-state index is -0.423. The lowest BCUT2D eigenvalue weighted by Gasteiger charge is -2.08. The molecule has 0 aliphatic carbocycles. The van der Waals surface area contributed by atoms with Crippen molar-refractivity contribution in [2.45, 2.75) is 25.4 Å². The van der Waals surface area contributed by atoms with Gasteiger partial charge in [0.05, 0.1) is 0 Å². The van der Waals surface area contributed by atoms with E-state index in [1.807, 2.05) is 26.0 Å². The van der Waals surface area contributed by atoms with Crippen molar-refractivity contribution in [3.63, 3.8) is 0 Å².